The van der Waals surface area contributed by atoms with E-state index in [0.29, 0.717) is 19.8 Å². The van der Waals surface area contributed by atoms with Gasteiger partial charge in [-0.15, -0.1) is 0 Å². The first kappa shape index (κ1) is 18.9. The van der Waals surface area contributed by atoms with Crippen LogP contribution in [0.2, 0.25) is 0 Å². The first-order valence-corrected chi connectivity index (χ1v) is 9.27. The first-order valence-electron chi connectivity index (χ1n) is 9.27. The summed E-state index contributed by atoms with van der Waals surface area (Å²) in [7, 11) is 0. The number of rotatable bonds is 2. The van der Waals surface area contributed by atoms with Gasteiger partial charge in [0.1, 0.15) is 11.3 Å². The van der Waals surface area contributed by atoms with Crippen LogP contribution in [-0.2, 0) is 18.9 Å². The molecule has 7 nitrogen and oxygen atoms in total. The molecule has 0 aromatic rings. The molecule has 0 unspecified atom stereocenters. The van der Waals surface area contributed by atoms with Crippen LogP contribution in [0, 0.1) is 0 Å². The molecule has 144 valence electrons. The van der Waals surface area contributed by atoms with Crippen LogP contribution in [0.5, 0.6) is 0 Å². The molecule has 1 spiro atoms. The number of piperidine rings is 1. The van der Waals surface area contributed by atoms with E-state index < -0.39 is 17.1 Å². The van der Waals surface area contributed by atoms with Crippen LogP contribution < -0.4 is 0 Å². The lowest BCUT2D eigenvalue weighted by molar-refractivity contribution is -0.190. The third kappa shape index (κ3) is 4.27. The number of carbonyl (C=O) groups excluding carboxylic acids is 1. The first-order chi connectivity index (χ1) is 11.6. The van der Waals surface area contributed by atoms with Crippen LogP contribution in [0.3, 0.4) is 0 Å². The fourth-order valence-corrected chi connectivity index (χ4v) is 3.96. The summed E-state index contributed by atoms with van der Waals surface area (Å²) in [6.07, 6.45) is 1.65. The van der Waals surface area contributed by atoms with Crippen molar-refractivity contribution in [2.24, 2.45) is 0 Å². The summed E-state index contributed by atoms with van der Waals surface area (Å²) in [4.78, 5) is 16.8. The van der Waals surface area contributed by atoms with E-state index in [4.69, 9.17) is 18.9 Å². The van der Waals surface area contributed by atoms with E-state index >= 15 is 0 Å². The zero-order valence-corrected chi connectivity index (χ0v) is 16.2. The predicted octanol–water partition coefficient (Wildman–Crippen LogP) is 2.20. The number of carbonyl (C=O) groups is 1. The maximum Gasteiger partial charge on any atom is 0.412 e. The van der Waals surface area contributed by atoms with E-state index in [1.165, 1.54) is 0 Å². The highest BCUT2D eigenvalue weighted by molar-refractivity contribution is 5.69. The molecule has 1 atom stereocenters. The fourth-order valence-electron chi connectivity index (χ4n) is 3.96. The van der Waals surface area contributed by atoms with Crippen LogP contribution >= 0.6 is 0 Å². The molecule has 0 radical (unpaired) electrons. The second-order valence-electron chi connectivity index (χ2n) is 8.71. The van der Waals surface area contributed by atoms with Crippen LogP contribution in [0.4, 0.5) is 4.79 Å². The quantitative estimate of drug-likeness (QED) is 0.756. The summed E-state index contributed by atoms with van der Waals surface area (Å²) in [6, 6.07) is -0.0404. The van der Waals surface area contributed by atoms with Crippen molar-refractivity contribution in [3.8, 4) is 0 Å². The lowest BCUT2D eigenvalue weighted by atomic mass is 10.0. The average Bonchev–Trinajstić information content (AvgIpc) is 3.02. The normalized spacial score (nSPS) is 29.3. The summed E-state index contributed by atoms with van der Waals surface area (Å²) >= 11 is 0. The summed E-state index contributed by atoms with van der Waals surface area (Å²) in [5.41, 5.74) is -1.19. The van der Waals surface area contributed by atoms with Gasteiger partial charge in [-0.2, -0.15) is 0 Å². The van der Waals surface area contributed by atoms with Crippen LogP contribution in [0.25, 0.3) is 0 Å². The minimum Gasteiger partial charge on any atom is -0.444 e. The van der Waals surface area contributed by atoms with Crippen LogP contribution in [0.15, 0.2) is 0 Å². The van der Waals surface area contributed by atoms with Crippen LogP contribution in [0.1, 0.15) is 47.5 Å². The molecular weight excluding hydrogens is 324 g/mol. The Labute approximate surface area is 150 Å². The molecule has 3 rings (SSSR count). The van der Waals surface area contributed by atoms with Gasteiger partial charge >= 0.3 is 6.09 Å². The fraction of sp³-hybridized carbons (Fsp3) is 0.944. The lowest BCUT2D eigenvalue weighted by Gasteiger charge is -2.41. The highest BCUT2D eigenvalue weighted by Crippen LogP contribution is 2.33. The monoisotopic (exact) mass is 356 g/mol. The molecule has 7 heteroatoms. The van der Waals surface area contributed by atoms with Crippen molar-refractivity contribution in [1.29, 1.82) is 0 Å². The van der Waals surface area contributed by atoms with Crippen molar-refractivity contribution < 1.29 is 23.7 Å². The Morgan fingerprint density at radius 2 is 1.88 bits per heavy atom. The van der Waals surface area contributed by atoms with Gasteiger partial charge in [-0.05, 0) is 47.6 Å². The number of hydrogen-bond donors (Lipinski definition) is 0. The number of nitrogens with zero attached hydrogens (tertiary/aromatic N) is 2. The Hall–Kier alpha value is -0.890. The van der Waals surface area contributed by atoms with Crippen LogP contribution in [-0.4, -0.2) is 78.5 Å². The lowest BCUT2D eigenvalue weighted by Crippen LogP contribution is -2.56. The van der Waals surface area contributed by atoms with E-state index in [2.05, 4.69) is 4.90 Å². The molecule has 3 fully saturated rings. The number of hydrogen-bond acceptors (Lipinski definition) is 6. The van der Waals surface area contributed by atoms with Gasteiger partial charge in [-0.3, -0.25) is 9.80 Å². The average molecular weight is 356 g/mol. The molecule has 3 aliphatic heterocycles. The van der Waals surface area contributed by atoms with E-state index in [-0.39, 0.29) is 12.1 Å². The molecule has 25 heavy (non-hydrogen) atoms. The second kappa shape index (κ2) is 6.68. The van der Waals surface area contributed by atoms with E-state index in [1.807, 2.05) is 34.6 Å². The molecular formula is C18H32N2O5. The van der Waals surface area contributed by atoms with Gasteiger partial charge < -0.3 is 18.9 Å². The Bertz CT molecular complexity index is 496. The molecule has 3 heterocycles. The van der Waals surface area contributed by atoms with Crippen molar-refractivity contribution in [1.82, 2.24) is 9.80 Å². The number of ether oxygens (including phenoxy) is 4. The second-order valence-corrected chi connectivity index (χ2v) is 8.71. The Balaban J connectivity index is 1.66. The van der Waals surface area contributed by atoms with Gasteiger partial charge in [-0.25, -0.2) is 4.79 Å². The Morgan fingerprint density at radius 3 is 2.52 bits per heavy atom. The minimum absolute atomic E-state index is 0.0404. The molecule has 0 N–H and O–H groups in total. The van der Waals surface area contributed by atoms with Gasteiger partial charge in [0.05, 0.1) is 32.4 Å². The SMILES string of the molecule is CC(C)(C)OC(=O)N1[C@H](CN2CCCC3(C2)OCCO3)COC1(C)C. The van der Waals surface area contributed by atoms with E-state index in [9.17, 15) is 4.79 Å². The van der Waals surface area contributed by atoms with Crippen molar-refractivity contribution in [2.75, 3.05) is 39.5 Å². The summed E-state index contributed by atoms with van der Waals surface area (Å²) < 4.78 is 23.2. The van der Waals surface area contributed by atoms with Crippen molar-refractivity contribution >= 4 is 6.09 Å². The Morgan fingerprint density at radius 1 is 1.20 bits per heavy atom. The van der Waals surface area contributed by atoms with Crippen molar-refractivity contribution in [3.05, 3.63) is 0 Å². The minimum atomic E-state index is -0.666. The summed E-state index contributed by atoms with van der Waals surface area (Å²) in [5.74, 6) is -0.454. The molecule has 0 bridgehead atoms. The summed E-state index contributed by atoms with van der Waals surface area (Å²) in [6.45, 7) is 13.8. The van der Waals surface area contributed by atoms with Gasteiger partial charge in [-0.1, -0.05) is 0 Å². The molecule has 0 aliphatic carbocycles. The van der Waals surface area contributed by atoms with E-state index in [0.717, 1.165) is 32.5 Å². The highest BCUT2D eigenvalue weighted by atomic mass is 16.7. The van der Waals surface area contributed by atoms with Gasteiger partial charge in [0.25, 0.3) is 0 Å². The molecule has 0 aromatic carbocycles. The van der Waals surface area contributed by atoms with Crippen molar-refractivity contribution in [2.45, 2.75) is 70.6 Å². The van der Waals surface area contributed by atoms with E-state index in [1.54, 1.807) is 4.90 Å². The smallest absolute Gasteiger partial charge is 0.412 e. The highest BCUT2D eigenvalue weighted by Gasteiger charge is 2.48. The zero-order chi connectivity index (χ0) is 18.3. The van der Waals surface area contributed by atoms with Gasteiger partial charge in [0.15, 0.2) is 5.79 Å². The molecule has 0 saturated carbocycles. The maximum absolute atomic E-state index is 12.7. The van der Waals surface area contributed by atoms with Gasteiger partial charge in [0, 0.05) is 13.0 Å². The summed E-state index contributed by atoms with van der Waals surface area (Å²) in [5, 5.41) is 0. The maximum atomic E-state index is 12.7. The zero-order valence-electron chi connectivity index (χ0n) is 16.2. The van der Waals surface area contributed by atoms with Gasteiger partial charge in [0.2, 0.25) is 0 Å². The third-order valence-corrected chi connectivity index (χ3v) is 4.94. The third-order valence-electron chi connectivity index (χ3n) is 4.94. The topological polar surface area (TPSA) is 60.5 Å². The molecule has 1 amide bonds. The standard InChI is InChI=1S/C18H32N2O5/c1-16(2,3)25-15(21)20-14(12-24-17(20,4)5)11-19-8-6-7-18(13-19)22-9-10-23-18/h14H,6-13H2,1-5H3/t14-/m1/s1. The predicted molar refractivity (Wildman–Crippen MR) is 92.2 cm³/mol. The molecule has 3 aliphatic rings. The number of amides is 1. The molecule has 0 aromatic heterocycles. The largest absolute Gasteiger partial charge is 0.444 e. The van der Waals surface area contributed by atoms with Crippen molar-refractivity contribution in [3.63, 3.8) is 0 Å². The Kier molecular flexibility index (Phi) is 5.05. The number of likely N-dealkylation sites (tertiary alicyclic amines) is 1. The molecule has 3 saturated heterocycles.